The number of unbranched alkanes of at least 4 members (excludes halogenated alkanes) is 15. The Kier molecular flexibility index (Phi) is 22.6. The highest BCUT2D eigenvalue weighted by molar-refractivity contribution is 5.76. The molecule has 2 rings (SSSR count). The van der Waals surface area contributed by atoms with E-state index in [1.165, 1.54) is 116 Å². The first kappa shape index (κ1) is 45.1. The molecule has 1 aliphatic carbocycles. The predicted octanol–water partition coefficient (Wildman–Crippen LogP) is 14.2. The third-order valence-corrected chi connectivity index (χ3v) is 13.8. The summed E-state index contributed by atoms with van der Waals surface area (Å²) in [5.74, 6) is 1.41. The van der Waals surface area contributed by atoms with Crippen molar-refractivity contribution < 1.29 is 19.1 Å². The fraction of sp³-hybridized carbons (Fsp3) is 0.957. The SMILES string of the molecule is CCCCCCCCCCCCCCCC(C(C(=O)OC)C(CC)CCCC)C1(C(CC)CCCC)CC12CC(=O)OC2C(CC)CCCC. The molecular formula is C46H86O4. The average molecular weight is 703 g/mol. The first-order valence-corrected chi connectivity index (χ1v) is 22.6. The lowest BCUT2D eigenvalue weighted by molar-refractivity contribution is -0.154. The number of esters is 2. The first-order valence-electron chi connectivity index (χ1n) is 22.6. The van der Waals surface area contributed by atoms with Gasteiger partial charge >= 0.3 is 11.9 Å². The minimum atomic E-state index is -0.135. The lowest BCUT2D eigenvalue weighted by Crippen LogP contribution is -2.45. The quantitative estimate of drug-likeness (QED) is 0.0517. The molecule has 0 aromatic carbocycles. The van der Waals surface area contributed by atoms with Gasteiger partial charge in [-0.1, -0.05) is 183 Å². The molecule has 0 amide bonds. The Morgan fingerprint density at radius 3 is 1.68 bits per heavy atom. The molecule has 294 valence electrons. The monoisotopic (exact) mass is 703 g/mol. The number of rotatable bonds is 32. The third kappa shape index (κ3) is 12.2. The van der Waals surface area contributed by atoms with Gasteiger partial charge in [-0.2, -0.15) is 0 Å². The number of ether oxygens (including phenoxy) is 2. The van der Waals surface area contributed by atoms with E-state index >= 15 is 0 Å². The Hall–Kier alpha value is -1.06. The van der Waals surface area contributed by atoms with Crippen LogP contribution in [-0.4, -0.2) is 25.2 Å². The molecule has 1 spiro atoms. The molecule has 2 fully saturated rings. The molecule has 2 aliphatic rings. The molecule has 50 heavy (non-hydrogen) atoms. The molecule has 0 N–H and O–H groups in total. The highest BCUT2D eigenvalue weighted by Gasteiger charge is 2.80. The Bertz CT molecular complexity index is 901. The summed E-state index contributed by atoms with van der Waals surface area (Å²) in [5, 5.41) is 0. The summed E-state index contributed by atoms with van der Waals surface area (Å²) < 4.78 is 12.3. The highest BCUT2D eigenvalue weighted by atomic mass is 16.6. The third-order valence-electron chi connectivity index (χ3n) is 13.8. The zero-order valence-electron chi connectivity index (χ0n) is 34.9. The van der Waals surface area contributed by atoms with Crippen molar-refractivity contribution >= 4 is 11.9 Å². The summed E-state index contributed by atoms with van der Waals surface area (Å²) in [6.07, 6.45) is 33.9. The zero-order chi connectivity index (χ0) is 36.8. The van der Waals surface area contributed by atoms with E-state index in [0.717, 1.165) is 57.8 Å². The van der Waals surface area contributed by atoms with E-state index in [1.807, 2.05) is 0 Å². The molecule has 1 saturated heterocycles. The molecule has 1 aliphatic heterocycles. The van der Waals surface area contributed by atoms with E-state index in [9.17, 15) is 9.59 Å². The van der Waals surface area contributed by atoms with Crippen LogP contribution in [0.2, 0.25) is 0 Å². The molecule has 8 unspecified atom stereocenters. The van der Waals surface area contributed by atoms with Gasteiger partial charge in [0.2, 0.25) is 0 Å². The molecule has 8 atom stereocenters. The summed E-state index contributed by atoms with van der Waals surface area (Å²) in [6, 6.07) is 0. The fourth-order valence-corrected chi connectivity index (χ4v) is 11.0. The van der Waals surface area contributed by atoms with Crippen molar-refractivity contribution in [2.24, 2.45) is 40.4 Å². The van der Waals surface area contributed by atoms with Gasteiger partial charge in [0.15, 0.2) is 0 Å². The van der Waals surface area contributed by atoms with Crippen LogP contribution in [0.4, 0.5) is 0 Å². The second-order valence-electron chi connectivity index (χ2n) is 17.0. The van der Waals surface area contributed by atoms with Crippen LogP contribution in [0.1, 0.15) is 228 Å². The van der Waals surface area contributed by atoms with Crippen LogP contribution in [0.15, 0.2) is 0 Å². The maximum Gasteiger partial charge on any atom is 0.309 e. The van der Waals surface area contributed by atoms with Crippen molar-refractivity contribution in [3.05, 3.63) is 0 Å². The molecule has 0 aromatic rings. The number of methoxy groups -OCH3 is 1. The maximum atomic E-state index is 14.2. The van der Waals surface area contributed by atoms with E-state index < -0.39 is 0 Å². The van der Waals surface area contributed by atoms with E-state index in [-0.39, 0.29) is 40.7 Å². The Morgan fingerprint density at radius 2 is 1.18 bits per heavy atom. The Balaban J connectivity index is 2.40. The summed E-state index contributed by atoms with van der Waals surface area (Å²) >= 11 is 0. The first-order chi connectivity index (χ1) is 24.3. The summed E-state index contributed by atoms with van der Waals surface area (Å²) in [6.45, 7) is 16.1. The number of carbonyl (C=O) groups excluding carboxylic acids is 2. The van der Waals surface area contributed by atoms with Gasteiger partial charge in [0.1, 0.15) is 6.10 Å². The Morgan fingerprint density at radius 1 is 0.660 bits per heavy atom. The van der Waals surface area contributed by atoms with E-state index in [1.54, 1.807) is 7.11 Å². The van der Waals surface area contributed by atoms with Crippen molar-refractivity contribution in [2.75, 3.05) is 7.11 Å². The van der Waals surface area contributed by atoms with E-state index in [2.05, 4.69) is 48.5 Å². The zero-order valence-corrected chi connectivity index (χ0v) is 34.9. The molecule has 0 aromatic heterocycles. The number of cyclic esters (lactones) is 1. The van der Waals surface area contributed by atoms with Crippen LogP contribution < -0.4 is 0 Å². The lowest BCUT2D eigenvalue weighted by atomic mass is 9.59. The van der Waals surface area contributed by atoms with Gasteiger partial charge in [0, 0.05) is 5.41 Å². The van der Waals surface area contributed by atoms with Crippen molar-refractivity contribution in [3.63, 3.8) is 0 Å². The van der Waals surface area contributed by atoms with Gasteiger partial charge in [-0.25, -0.2) is 0 Å². The highest BCUT2D eigenvalue weighted by Crippen LogP contribution is 2.80. The van der Waals surface area contributed by atoms with Crippen LogP contribution >= 0.6 is 0 Å². The van der Waals surface area contributed by atoms with Crippen molar-refractivity contribution in [2.45, 2.75) is 234 Å². The molecule has 4 nitrogen and oxygen atoms in total. The standard InChI is InChI=1S/C46H86O4/c1-9-16-20-21-22-23-24-25-26-27-28-29-30-34-40(42(44(48)49-8)37(13-5)31-17-10-2)46(39(15-7)33-19-12-4)36-45(46)35-41(47)50-43(45)38(14-6)32-18-11-3/h37-40,42-43H,9-36H2,1-8H3. The van der Waals surface area contributed by atoms with Crippen LogP contribution in [-0.2, 0) is 19.1 Å². The normalized spacial score (nSPS) is 24.6. The van der Waals surface area contributed by atoms with Crippen molar-refractivity contribution in [1.29, 1.82) is 0 Å². The number of carbonyl (C=O) groups is 2. The Labute approximate surface area is 312 Å². The predicted molar refractivity (Wildman–Crippen MR) is 213 cm³/mol. The number of hydrogen-bond acceptors (Lipinski definition) is 4. The molecule has 1 heterocycles. The minimum Gasteiger partial charge on any atom is -0.469 e. The molecular weight excluding hydrogens is 617 g/mol. The van der Waals surface area contributed by atoms with E-state index in [4.69, 9.17) is 9.47 Å². The van der Waals surface area contributed by atoms with Gasteiger partial charge < -0.3 is 9.47 Å². The molecule has 0 radical (unpaired) electrons. The summed E-state index contributed by atoms with van der Waals surface area (Å²) in [4.78, 5) is 27.7. The van der Waals surface area contributed by atoms with Crippen molar-refractivity contribution in [1.82, 2.24) is 0 Å². The second-order valence-corrected chi connectivity index (χ2v) is 17.0. The summed E-state index contributed by atoms with van der Waals surface area (Å²) in [5.41, 5.74) is -0.174. The topological polar surface area (TPSA) is 52.6 Å². The smallest absolute Gasteiger partial charge is 0.309 e. The van der Waals surface area contributed by atoms with Gasteiger partial charge in [-0.15, -0.1) is 0 Å². The van der Waals surface area contributed by atoms with E-state index in [0.29, 0.717) is 24.2 Å². The maximum absolute atomic E-state index is 14.2. The van der Waals surface area contributed by atoms with Crippen LogP contribution in [0.3, 0.4) is 0 Å². The van der Waals surface area contributed by atoms with Crippen LogP contribution in [0.5, 0.6) is 0 Å². The van der Waals surface area contributed by atoms with Crippen LogP contribution in [0.25, 0.3) is 0 Å². The number of hydrogen-bond donors (Lipinski definition) is 0. The largest absolute Gasteiger partial charge is 0.469 e. The minimum absolute atomic E-state index is 0.00890. The van der Waals surface area contributed by atoms with Gasteiger partial charge in [0.05, 0.1) is 19.4 Å². The van der Waals surface area contributed by atoms with Gasteiger partial charge in [-0.3, -0.25) is 9.59 Å². The van der Waals surface area contributed by atoms with Crippen LogP contribution in [0, 0.1) is 40.4 Å². The summed E-state index contributed by atoms with van der Waals surface area (Å²) in [7, 11) is 1.62. The van der Waals surface area contributed by atoms with Crippen molar-refractivity contribution in [3.8, 4) is 0 Å². The molecule has 4 heteroatoms. The fourth-order valence-electron chi connectivity index (χ4n) is 11.0. The average Bonchev–Trinajstić information content (AvgIpc) is 3.66. The lowest BCUT2D eigenvalue weighted by Gasteiger charge is -2.45. The molecule has 0 bridgehead atoms. The van der Waals surface area contributed by atoms with Gasteiger partial charge in [0.25, 0.3) is 0 Å². The second kappa shape index (κ2) is 25.0. The van der Waals surface area contributed by atoms with Gasteiger partial charge in [-0.05, 0) is 67.6 Å². The molecule has 1 saturated carbocycles.